The third-order valence-electron chi connectivity index (χ3n) is 4.59. The van der Waals surface area contributed by atoms with Crippen LogP contribution in [0.15, 0.2) is 47.4 Å². The summed E-state index contributed by atoms with van der Waals surface area (Å²) >= 11 is 5.92. The lowest BCUT2D eigenvalue weighted by molar-refractivity contribution is 0.0694. The van der Waals surface area contributed by atoms with E-state index in [1.54, 1.807) is 35.2 Å². The summed E-state index contributed by atoms with van der Waals surface area (Å²) in [6, 6.07) is 11.3. The second-order valence-electron chi connectivity index (χ2n) is 6.19. The van der Waals surface area contributed by atoms with Gasteiger partial charge < -0.3 is 14.4 Å². The smallest absolute Gasteiger partial charge is 0.257 e. The van der Waals surface area contributed by atoms with Crippen LogP contribution in [0.5, 0.6) is 11.5 Å². The number of para-hydroxylation sites is 1. The Morgan fingerprint density at radius 3 is 2.29 bits per heavy atom. The number of methoxy groups -OCH3 is 2. The van der Waals surface area contributed by atoms with Gasteiger partial charge in [0, 0.05) is 31.2 Å². The molecule has 0 bridgehead atoms. The number of carbonyl (C=O) groups excluding carboxylic acids is 1. The van der Waals surface area contributed by atoms with Gasteiger partial charge >= 0.3 is 0 Å². The van der Waals surface area contributed by atoms with Crippen molar-refractivity contribution >= 4 is 27.5 Å². The number of ether oxygens (including phenoxy) is 2. The first-order valence-electron chi connectivity index (χ1n) is 8.64. The van der Waals surface area contributed by atoms with E-state index in [1.807, 2.05) is 0 Å². The van der Waals surface area contributed by atoms with Crippen molar-refractivity contribution in [2.24, 2.45) is 0 Å². The highest BCUT2D eigenvalue weighted by Gasteiger charge is 2.31. The molecule has 0 radical (unpaired) electrons. The maximum Gasteiger partial charge on any atom is 0.257 e. The molecule has 1 heterocycles. The molecule has 1 fully saturated rings. The lowest BCUT2D eigenvalue weighted by atomic mass is 10.1. The van der Waals surface area contributed by atoms with Crippen molar-refractivity contribution in [2.75, 3.05) is 40.4 Å². The molecule has 150 valence electrons. The van der Waals surface area contributed by atoms with E-state index in [-0.39, 0.29) is 37.0 Å². The van der Waals surface area contributed by atoms with E-state index in [0.717, 1.165) is 0 Å². The number of piperazine rings is 1. The SMILES string of the molecule is COc1cccc(C(=O)N2CCN(S(=O)(=O)c3cccc(Cl)c3)CC2)c1OC. The molecule has 0 atom stereocenters. The molecule has 1 amide bonds. The standard InChI is InChI=1S/C19H21ClN2O5S/c1-26-17-8-4-7-16(18(17)27-2)19(23)21-9-11-22(12-10-21)28(24,25)15-6-3-5-14(20)13-15/h3-8,13H,9-12H2,1-2H3. The lowest BCUT2D eigenvalue weighted by Crippen LogP contribution is -2.50. The number of halogens is 1. The van der Waals surface area contributed by atoms with Crippen LogP contribution in [-0.2, 0) is 10.0 Å². The first-order valence-corrected chi connectivity index (χ1v) is 10.5. The number of benzene rings is 2. The van der Waals surface area contributed by atoms with Crippen LogP contribution in [0.2, 0.25) is 5.02 Å². The fourth-order valence-electron chi connectivity index (χ4n) is 3.13. The minimum atomic E-state index is -3.66. The van der Waals surface area contributed by atoms with Gasteiger partial charge in [-0.05, 0) is 30.3 Å². The molecule has 0 unspecified atom stereocenters. The maximum atomic E-state index is 12.9. The van der Waals surface area contributed by atoms with Gasteiger partial charge in [-0.25, -0.2) is 8.42 Å². The van der Waals surface area contributed by atoms with Crippen LogP contribution in [-0.4, -0.2) is 63.9 Å². The zero-order valence-corrected chi connectivity index (χ0v) is 17.2. The summed E-state index contributed by atoms with van der Waals surface area (Å²) in [5.41, 5.74) is 0.382. The van der Waals surface area contributed by atoms with Crippen LogP contribution in [0.1, 0.15) is 10.4 Å². The third-order valence-corrected chi connectivity index (χ3v) is 6.72. The monoisotopic (exact) mass is 424 g/mol. The van der Waals surface area contributed by atoms with Gasteiger partial charge in [0.15, 0.2) is 11.5 Å². The molecule has 0 N–H and O–H groups in total. The Kier molecular flexibility index (Phi) is 6.12. The summed E-state index contributed by atoms with van der Waals surface area (Å²) in [5, 5.41) is 0.361. The van der Waals surface area contributed by atoms with Crippen LogP contribution in [0, 0.1) is 0 Å². The Bertz CT molecular complexity index is 972. The second kappa shape index (κ2) is 8.38. The second-order valence-corrected chi connectivity index (χ2v) is 8.57. The maximum absolute atomic E-state index is 12.9. The molecule has 0 aliphatic carbocycles. The van der Waals surface area contributed by atoms with Crippen LogP contribution in [0.3, 0.4) is 0 Å². The number of amides is 1. The van der Waals surface area contributed by atoms with Gasteiger partial charge in [0.1, 0.15) is 0 Å². The summed E-state index contributed by atoms with van der Waals surface area (Å²) < 4.78 is 37.5. The fraction of sp³-hybridized carbons (Fsp3) is 0.316. The summed E-state index contributed by atoms with van der Waals surface area (Å²) in [7, 11) is -0.674. The minimum absolute atomic E-state index is 0.147. The zero-order valence-electron chi connectivity index (χ0n) is 15.6. The van der Waals surface area contributed by atoms with Crippen molar-refractivity contribution in [1.82, 2.24) is 9.21 Å². The molecule has 28 heavy (non-hydrogen) atoms. The van der Waals surface area contributed by atoms with Crippen molar-refractivity contribution in [3.63, 3.8) is 0 Å². The number of nitrogens with zero attached hydrogens (tertiary/aromatic N) is 2. The number of rotatable bonds is 5. The lowest BCUT2D eigenvalue weighted by Gasteiger charge is -2.34. The Morgan fingerprint density at radius 2 is 1.68 bits per heavy atom. The van der Waals surface area contributed by atoms with Crippen molar-refractivity contribution in [2.45, 2.75) is 4.90 Å². The van der Waals surface area contributed by atoms with E-state index in [0.29, 0.717) is 22.1 Å². The van der Waals surface area contributed by atoms with Crippen molar-refractivity contribution in [1.29, 1.82) is 0 Å². The number of hydrogen-bond donors (Lipinski definition) is 0. The van der Waals surface area contributed by atoms with Crippen LogP contribution in [0.25, 0.3) is 0 Å². The predicted molar refractivity (Wildman–Crippen MR) is 106 cm³/mol. The van der Waals surface area contributed by atoms with Crippen LogP contribution >= 0.6 is 11.6 Å². The minimum Gasteiger partial charge on any atom is -0.493 e. The Balaban J connectivity index is 1.75. The molecule has 3 rings (SSSR count). The molecule has 1 aliphatic heterocycles. The van der Waals surface area contributed by atoms with Gasteiger partial charge in [0.25, 0.3) is 5.91 Å². The fourth-order valence-corrected chi connectivity index (χ4v) is 4.86. The quantitative estimate of drug-likeness (QED) is 0.737. The van der Waals surface area contributed by atoms with E-state index in [9.17, 15) is 13.2 Å². The summed E-state index contributed by atoms with van der Waals surface area (Å²) in [6.07, 6.45) is 0. The van der Waals surface area contributed by atoms with Crippen molar-refractivity contribution < 1.29 is 22.7 Å². The van der Waals surface area contributed by atoms with Gasteiger partial charge in [-0.1, -0.05) is 23.7 Å². The van der Waals surface area contributed by atoms with E-state index in [4.69, 9.17) is 21.1 Å². The first kappa shape index (κ1) is 20.4. The van der Waals surface area contributed by atoms with E-state index >= 15 is 0 Å². The predicted octanol–water partition coefficient (Wildman–Crippen LogP) is 2.50. The molecule has 0 spiro atoms. The average molecular weight is 425 g/mol. The molecule has 2 aromatic carbocycles. The van der Waals surface area contributed by atoms with Crippen molar-refractivity contribution in [3.8, 4) is 11.5 Å². The van der Waals surface area contributed by atoms with Crippen LogP contribution < -0.4 is 9.47 Å². The van der Waals surface area contributed by atoms with Crippen molar-refractivity contribution in [3.05, 3.63) is 53.1 Å². The Morgan fingerprint density at radius 1 is 1.00 bits per heavy atom. The van der Waals surface area contributed by atoms with Gasteiger partial charge in [-0.3, -0.25) is 4.79 Å². The Labute approximate surface area is 169 Å². The highest BCUT2D eigenvalue weighted by molar-refractivity contribution is 7.89. The van der Waals surface area contributed by atoms with Gasteiger partial charge in [-0.2, -0.15) is 4.31 Å². The normalized spacial score (nSPS) is 15.3. The molecule has 0 aromatic heterocycles. The number of carbonyl (C=O) groups is 1. The summed E-state index contributed by atoms with van der Waals surface area (Å²) in [4.78, 5) is 14.7. The molecule has 1 aliphatic rings. The van der Waals surface area contributed by atoms with E-state index < -0.39 is 10.0 Å². The van der Waals surface area contributed by atoms with E-state index in [2.05, 4.69) is 0 Å². The molecule has 1 saturated heterocycles. The molecule has 0 saturated carbocycles. The molecule has 7 nitrogen and oxygen atoms in total. The summed E-state index contributed by atoms with van der Waals surface area (Å²) in [6.45, 7) is 0.956. The number of sulfonamides is 1. The zero-order chi connectivity index (χ0) is 20.3. The van der Waals surface area contributed by atoms with Gasteiger partial charge in [0.05, 0.1) is 24.7 Å². The Hall–Kier alpha value is -2.29. The largest absolute Gasteiger partial charge is 0.493 e. The third kappa shape index (κ3) is 3.94. The highest BCUT2D eigenvalue weighted by Crippen LogP contribution is 2.32. The topological polar surface area (TPSA) is 76.2 Å². The molecular weight excluding hydrogens is 404 g/mol. The summed E-state index contributed by atoms with van der Waals surface area (Å²) in [5.74, 6) is 0.607. The average Bonchev–Trinajstić information content (AvgIpc) is 2.72. The first-order chi connectivity index (χ1) is 13.4. The van der Waals surface area contributed by atoms with E-state index in [1.165, 1.54) is 30.7 Å². The molecular formula is C19H21ClN2O5S. The molecule has 2 aromatic rings. The highest BCUT2D eigenvalue weighted by atomic mass is 35.5. The van der Waals surface area contributed by atoms with Gasteiger partial charge in [0.2, 0.25) is 10.0 Å². The number of hydrogen-bond acceptors (Lipinski definition) is 5. The molecule has 9 heteroatoms. The van der Waals surface area contributed by atoms with Crippen LogP contribution in [0.4, 0.5) is 0 Å². The van der Waals surface area contributed by atoms with Gasteiger partial charge in [-0.15, -0.1) is 0 Å².